The summed E-state index contributed by atoms with van der Waals surface area (Å²) < 4.78 is 27.3. The SMILES string of the molecule is COc1cc([C@H]2CC(=O)c3c(OC(C)=O)c(C)c(OC(C)=O)c(C)c3O2)ccc1OC(C)=O. The van der Waals surface area contributed by atoms with E-state index < -0.39 is 24.0 Å². The Kier molecular flexibility index (Phi) is 6.71. The zero-order valence-electron chi connectivity index (χ0n) is 19.2. The number of carbonyl (C=O) groups excluding carboxylic acids is 4. The average molecular weight is 456 g/mol. The molecule has 1 atom stereocenters. The van der Waals surface area contributed by atoms with Crippen LogP contribution >= 0.6 is 0 Å². The highest BCUT2D eigenvalue weighted by Gasteiger charge is 2.36. The highest BCUT2D eigenvalue weighted by Crippen LogP contribution is 2.48. The number of hydrogen-bond acceptors (Lipinski definition) is 9. The molecule has 1 heterocycles. The fraction of sp³-hybridized carbons (Fsp3) is 0.333. The predicted octanol–water partition coefficient (Wildman–Crippen LogP) is 3.79. The van der Waals surface area contributed by atoms with Crippen LogP contribution in [0, 0.1) is 13.8 Å². The fourth-order valence-electron chi connectivity index (χ4n) is 3.70. The van der Waals surface area contributed by atoms with Crippen molar-refractivity contribution in [3.8, 4) is 28.7 Å². The lowest BCUT2D eigenvalue weighted by Gasteiger charge is -2.30. The standard InChI is InChI=1S/C24H24O9/c1-11-22(31-14(4)26)12(2)24-21(23(11)32-15(5)27)17(28)10-19(33-24)16-7-8-18(30-13(3)25)20(9-16)29-6/h7-9,19H,10H2,1-6H3/t19-/m1/s1. The van der Waals surface area contributed by atoms with Crippen LogP contribution < -0.4 is 23.7 Å². The molecule has 0 N–H and O–H groups in total. The third kappa shape index (κ3) is 4.82. The molecule has 0 saturated heterocycles. The minimum atomic E-state index is -0.706. The van der Waals surface area contributed by atoms with E-state index in [1.807, 2.05) is 0 Å². The molecule has 2 aromatic carbocycles. The quantitative estimate of drug-likeness (QED) is 0.489. The summed E-state index contributed by atoms with van der Waals surface area (Å²) in [5.41, 5.74) is 1.50. The first-order chi connectivity index (χ1) is 15.5. The Labute approximate surface area is 190 Å². The summed E-state index contributed by atoms with van der Waals surface area (Å²) in [6.45, 7) is 6.99. The van der Waals surface area contributed by atoms with Gasteiger partial charge in [0, 0.05) is 31.9 Å². The Morgan fingerprint density at radius 1 is 0.879 bits per heavy atom. The van der Waals surface area contributed by atoms with Gasteiger partial charge in [-0.05, 0) is 31.5 Å². The number of methoxy groups -OCH3 is 1. The molecule has 9 heteroatoms. The topological polar surface area (TPSA) is 114 Å². The van der Waals surface area contributed by atoms with Gasteiger partial charge in [-0.25, -0.2) is 0 Å². The Hall–Kier alpha value is -3.88. The van der Waals surface area contributed by atoms with Crippen LogP contribution in [0.5, 0.6) is 28.7 Å². The molecule has 1 aliphatic rings. The second-order valence-corrected chi connectivity index (χ2v) is 7.54. The van der Waals surface area contributed by atoms with E-state index in [1.165, 1.54) is 27.9 Å². The van der Waals surface area contributed by atoms with Gasteiger partial charge in [-0.1, -0.05) is 6.07 Å². The fourth-order valence-corrected chi connectivity index (χ4v) is 3.70. The van der Waals surface area contributed by atoms with Crippen molar-refractivity contribution in [2.75, 3.05) is 7.11 Å². The zero-order valence-corrected chi connectivity index (χ0v) is 19.2. The molecule has 9 nitrogen and oxygen atoms in total. The van der Waals surface area contributed by atoms with Gasteiger partial charge in [0.1, 0.15) is 23.2 Å². The van der Waals surface area contributed by atoms with E-state index in [9.17, 15) is 19.2 Å². The van der Waals surface area contributed by atoms with Crippen LogP contribution in [-0.4, -0.2) is 30.8 Å². The summed E-state index contributed by atoms with van der Waals surface area (Å²) >= 11 is 0. The lowest BCUT2D eigenvalue weighted by atomic mass is 9.91. The molecule has 1 aliphatic heterocycles. The van der Waals surface area contributed by atoms with Gasteiger partial charge in [0.05, 0.1) is 13.5 Å². The summed E-state index contributed by atoms with van der Waals surface area (Å²) in [5.74, 6) is -1.14. The van der Waals surface area contributed by atoms with Crippen molar-refractivity contribution in [1.29, 1.82) is 0 Å². The summed E-state index contributed by atoms with van der Waals surface area (Å²) in [4.78, 5) is 47.9. The first-order valence-electron chi connectivity index (χ1n) is 10.1. The van der Waals surface area contributed by atoms with E-state index in [0.29, 0.717) is 22.4 Å². The van der Waals surface area contributed by atoms with Crippen LogP contribution in [0.1, 0.15) is 60.3 Å². The molecule has 33 heavy (non-hydrogen) atoms. The van der Waals surface area contributed by atoms with Crippen molar-refractivity contribution in [2.24, 2.45) is 0 Å². The minimum absolute atomic E-state index is 0.00517. The number of esters is 3. The van der Waals surface area contributed by atoms with Crippen molar-refractivity contribution >= 4 is 23.7 Å². The molecule has 0 spiro atoms. The Balaban J connectivity index is 2.11. The van der Waals surface area contributed by atoms with Gasteiger partial charge in [0.25, 0.3) is 0 Å². The molecule has 3 rings (SSSR count). The molecule has 174 valence electrons. The van der Waals surface area contributed by atoms with E-state index in [-0.39, 0.29) is 40.8 Å². The van der Waals surface area contributed by atoms with Crippen molar-refractivity contribution in [2.45, 2.75) is 47.1 Å². The lowest BCUT2D eigenvalue weighted by Crippen LogP contribution is -2.24. The number of ketones is 1. The monoisotopic (exact) mass is 456 g/mol. The second-order valence-electron chi connectivity index (χ2n) is 7.54. The molecule has 0 saturated carbocycles. The van der Waals surface area contributed by atoms with Crippen LogP contribution in [0.4, 0.5) is 0 Å². The van der Waals surface area contributed by atoms with Crippen LogP contribution in [0.3, 0.4) is 0 Å². The van der Waals surface area contributed by atoms with Crippen molar-refractivity contribution in [3.05, 3.63) is 40.5 Å². The number of carbonyl (C=O) groups is 4. The Morgan fingerprint density at radius 2 is 1.48 bits per heavy atom. The van der Waals surface area contributed by atoms with Gasteiger partial charge in [-0.3, -0.25) is 19.2 Å². The number of fused-ring (bicyclic) bond motifs is 1. The normalized spacial score (nSPS) is 14.6. The van der Waals surface area contributed by atoms with Crippen LogP contribution in [0.25, 0.3) is 0 Å². The van der Waals surface area contributed by atoms with Gasteiger partial charge in [-0.15, -0.1) is 0 Å². The molecule has 0 aromatic heterocycles. The van der Waals surface area contributed by atoms with Crippen molar-refractivity contribution in [1.82, 2.24) is 0 Å². The third-order valence-corrected chi connectivity index (χ3v) is 5.03. The second kappa shape index (κ2) is 9.32. The maximum atomic E-state index is 13.2. The largest absolute Gasteiger partial charge is 0.493 e. The maximum absolute atomic E-state index is 13.2. The molecule has 0 radical (unpaired) electrons. The van der Waals surface area contributed by atoms with Crippen LogP contribution in [-0.2, 0) is 14.4 Å². The summed E-state index contributed by atoms with van der Waals surface area (Å²) in [6, 6.07) is 4.83. The van der Waals surface area contributed by atoms with E-state index in [0.717, 1.165) is 0 Å². The predicted molar refractivity (Wildman–Crippen MR) is 115 cm³/mol. The lowest BCUT2D eigenvalue weighted by molar-refractivity contribution is -0.133. The van der Waals surface area contributed by atoms with E-state index in [2.05, 4.69) is 0 Å². The molecule has 0 aliphatic carbocycles. The minimum Gasteiger partial charge on any atom is -0.493 e. The van der Waals surface area contributed by atoms with Gasteiger partial charge in [0.2, 0.25) is 0 Å². The molecule has 0 bridgehead atoms. The highest BCUT2D eigenvalue weighted by atomic mass is 16.6. The van der Waals surface area contributed by atoms with Gasteiger partial charge >= 0.3 is 17.9 Å². The molecular formula is C24H24O9. The van der Waals surface area contributed by atoms with E-state index in [1.54, 1.807) is 32.0 Å². The number of Topliss-reactive ketones (excluding diaryl/α,β-unsaturated/α-hetero) is 1. The smallest absolute Gasteiger partial charge is 0.308 e. The first-order valence-corrected chi connectivity index (χ1v) is 10.1. The number of hydrogen-bond donors (Lipinski definition) is 0. The number of rotatable bonds is 5. The van der Waals surface area contributed by atoms with Crippen molar-refractivity contribution < 1.29 is 42.9 Å². The number of benzene rings is 2. The summed E-state index contributed by atoms with van der Waals surface area (Å²) in [5, 5.41) is 0. The Bertz CT molecular complexity index is 1160. The van der Waals surface area contributed by atoms with E-state index in [4.69, 9.17) is 23.7 Å². The van der Waals surface area contributed by atoms with Crippen LogP contribution in [0.2, 0.25) is 0 Å². The summed E-state index contributed by atoms with van der Waals surface area (Å²) in [7, 11) is 1.43. The van der Waals surface area contributed by atoms with Crippen LogP contribution in [0.15, 0.2) is 18.2 Å². The third-order valence-electron chi connectivity index (χ3n) is 5.03. The van der Waals surface area contributed by atoms with Gasteiger partial charge in [0.15, 0.2) is 23.0 Å². The molecular weight excluding hydrogens is 432 g/mol. The first kappa shape index (κ1) is 23.8. The summed E-state index contributed by atoms with van der Waals surface area (Å²) in [6.07, 6.45) is -0.745. The average Bonchev–Trinajstić information content (AvgIpc) is 2.73. The highest BCUT2D eigenvalue weighted by molar-refractivity contribution is 6.04. The molecule has 0 unspecified atom stereocenters. The molecule has 2 aromatic rings. The van der Waals surface area contributed by atoms with Crippen molar-refractivity contribution in [3.63, 3.8) is 0 Å². The van der Waals surface area contributed by atoms with E-state index >= 15 is 0 Å². The molecule has 0 fully saturated rings. The van der Waals surface area contributed by atoms with Gasteiger partial charge in [-0.2, -0.15) is 0 Å². The molecule has 0 amide bonds. The Morgan fingerprint density at radius 3 is 2.06 bits per heavy atom. The van der Waals surface area contributed by atoms with Gasteiger partial charge < -0.3 is 23.7 Å². The maximum Gasteiger partial charge on any atom is 0.308 e. The number of ether oxygens (including phenoxy) is 5. The zero-order chi connectivity index (χ0) is 24.4.